The summed E-state index contributed by atoms with van der Waals surface area (Å²) in [7, 11) is 3.66. The highest BCUT2D eigenvalue weighted by Gasteiger charge is 2.20. The molecule has 1 atom stereocenters. The van der Waals surface area contributed by atoms with Crippen molar-refractivity contribution in [1.29, 1.82) is 0 Å². The molecule has 1 heterocycles. The number of ether oxygens (including phenoxy) is 1. The molecule has 0 bridgehead atoms. The summed E-state index contributed by atoms with van der Waals surface area (Å²) in [5.41, 5.74) is 6.45. The molecular formula is C19H21N3O. The lowest BCUT2D eigenvalue weighted by Gasteiger charge is -2.16. The predicted octanol–water partition coefficient (Wildman–Crippen LogP) is 4.16. The van der Waals surface area contributed by atoms with E-state index in [0.717, 1.165) is 28.1 Å². The van der Waals surface area contributed by atoms with E-state index in [-0.39, 0.29) is 6.10 Å². The zero-order valence-corrected chi connectivity index (χ0v) is 13.9. The maximum Gasteiger partial charge on any atom is 0.121 e. The molecule has 0 N–H and O–H groups in total. The second-order valence-corrected chi connectivity index (χ2v) is 5.69. The third kappa shape index (κ3) is 2.78. The van der Waals surface area contributed by atoms with Gasteiger partial charge in [0.05, 0.1) is 11.8 Å². The van der Waals surface area contributed by atoms with E-state index >= 15 is 0 Å². The molecule has 4 nitrogen and oxygen atoms in total. The third-order valence-electron chi connectivity index (χ3n) is 4.23. The number of benzene rings is 2. The Morgan fingerprint density at radius 1 is 1.00 bits per heavy atom. The van der Waals surface area contributed by atoms with Crippen LogP contribution in [0.25, 0.3) is 22.5 Å². The van der Waals surface area contributed by atoms with E-state index in [9.17, 15) is 0 Å². The number of aromatic nitrogens is 3. The topological polar surface area (TPSA) is 39.9 Å². The maximum atomic E-state index is 5.53. The molecule has 118 valence electrons. The molecule has 0 radical (unpaired) electrons. The fraction of sp³-hybridized carbons (Fsp3) is 0.263. The van der Waals surface area contributed by atoms with Gasteiger partial charge in [0.25, 0.3) is 0 Å². The first kappa shape index (κ1) is 15.4. The summed E-state index contributed by atoms with van der Waals surface area (Å²) in [5, 5.41) is 8.68. The molecule has 0 saturated carbocycles. The zero-order chi connectivity index (χ0) is 16.4. The van der Waals surface area contributed by atoms with Crippen LogP contribution in [0.15, 0.2) is 48.5 Å². The largest absolute Gasteiger partial charge is 0.377 e. The van der Waals surface area contributed by atoms with Crippen LogP contribution in [0.5, 0.6) is 0 Å². The number of aryl methyl sites for hydroxylation is 2. The highest BCUT2D eigenvalue weighted by atomic mass is 16.5. The molecule has 4 heteroatoms. The molecule has 1 unspecified atom stereocenters. The Morgan fingerprint density at radius 3 is 2.35 bits per heavy atom. The molecule has 0 aliphatic heterocycles. The minimum atomic E-state index is 0.00539. The van der Waals surface area contributed by atoms with Crippen molar-refractivity contribution in [2.24, 2.45) is 7.05 Å². The number of hydrogen-bond donors (Lipinski definition) is 0. The van der Waals surface area contributed by atoms with Crippen molar-refractivity contribution in [3.05, 3.63) is 59.7 Å². The Hall–Kier alpha value is -2.46. The van der Waals surface area contributed by atoms with E-state index < -0.39 is 0 Å². The molecule has 0 saturated heterocycles. The van der Waals surface area contributed by atoms with Crippen LogP contribution in [0.1, 0.15) is 24.2 Å². The van der Waals surface area contributed by atoms with Gasteiger partial charge in [0, 0.05) is 25.3 Å². The quantitative estimate of drug-likeness (QED) is 0.726. The van der Waals surface area contributed by atoms with E-state index in [1.807, 2.05) is 36.0 Å². The highest BCUT2D eigenvalue weighted by molar-refractivity contribution is 5.81. The van der Waals surface area contributed by atoms with Crippen LogP contribution in [-0.2, 0) is 11.8 Å². The first-order valence-electron chi connectivity index (χ1n) is 7.71. The van der Waals surface area contributed by atoms with Crippen molar-refractivity contribution in [3.63, 3.8) is 0 Å². The summed E-state index contributed by atoms with van der Waals surface area (Å²) >= 11 is 0. The van der Waals surface area contributed by atoms with Crippen molar-refractivity contribution in [3.8, 4) is 22.5 Å². The second kappa shape index (κ2) is 6.34. The Balaban J connectivity index is 2.24. The number of hydrogen-bond acceptors (Lipinski definition) is 3. The van der Waals surface area contributed by atoms with Crippen LogP contribution in [-0.4, -0.2) is 22.1 Å². The summed E-state index contributed by atoms with van der Waals surface area (Å²) in [6.45, 7) is 4.15. The van der Waals surface area contributed by atoms with Crippen LogP contribution in [0.3, 0.4) is 0 Å². The molecule has 23 heavy (non-hydrogen) atoms. The molecule has 2 aromatic carbocycles. The molecule has 3 rings (SSSR count). The second-order valence-electron chi connectivity index (χ2n) is 5.69. The molecule has 1 aromatic heterocycles. The van der Waals surface area contributed by atoms with E-state index in [0.29, 0.717) is 0 Å². The minimum Gasteiger partial charge on any atom is -0.377 e. The van der Waals surface area contributed by atoms with Crippen molar-refractivity contribution >= 4 is 0 Å². The van der Waals surface area contributed by atoms with Gasteiger partial charge in [-0.15, -0.1) is 5.10 Å². The van der Waals surface area contributed by atoms with Crippen molar-refractivity contribution in [1.82, 2.24) is 15.0 Å². The number of nitrogens with zero attached hydrogens (tertiary/aromatic N) is 3. The Bertz CT molecular complexity index is 823. The SMILES string of the molecule is COC(C)c1ccccc1-c1c(-c2ccccc2C)nnn1C. The van der Waals surface area contributed by atoms with Crippen LogP contribution < -0.4 is 0 Å². The molecule has 0 aliphatic carbocycles. The van der Waals surface area contributed by atoms with Gasteiger partial charge in [-0.05, 0) is 25.0 Å². The predicted molar refractivity (Wildman–Crippen MR) is 92.0 cm³/mol. The van der Waals surface area contributed by atoms with Gasteiger partial charge < -0.3 is 4.74 Å². The lowest BCUT2D eigenvalue weighted by molar-refractivity contribution is 0.120. The Morgan fingerprint density at radius 2 is 1.65 bits per heavy atom. The molecule has 0 spiro atoms. The normalized spacial score (nSPS) is 12.3. The molecule has 3 aromatic rings. The zero-order valence-electron chi connectivity index (χ0n) is 13.9. The van der Waals surface area contributed by atoms with Gasteiger partial charge in [-0.1, -0.05) is 53.7 Å². The van der Waals surface area contributed by atoms with Gasteiger partial charge in [-0.3, -0.25) is 0 Å². The number of rotatable bonds is 4. The van der Waals surface area contributed by atoms with Gasteiger partial charge in [0.15, 0.2) is 0 Å². The molecule has 0 amide bonds. The third-order valence-corrected chi connectivity index (χ3v) is 4.23. The van der Waals surface area contributed by atoms with Crippen molar-refractivity contribution < 1.29 is 4.74 Å². The summed E-state index contributed by atoms with van der Waals surface area (Å²) in [6, 6.07) is 16.5. The Labute approximate surface area is 136 Å². The van der Waals surface area contributed by atoms with E-state index in [2.05, 4.69) is 48.4 Å². The van der Waals surface area contributed by atoms with Crippen LogP contribution in [0, 0.1) is 6.92 Å². The van der Waals surface area contributed by atoms with E-state index in [1.165, 1.54) is 5.56 Å². The van der Waals surface area contributed by atoms with Gasteiger partial charge >= 0.3 is 0 Å². The lowest BCUT2D eigenvalue weighted by atomic mass is 9.96. The molecular weight excluding hydrogens is 286 g/mol. The van der Waals surface area contributed by atoms with Crippen LogP contribution in [0.2, 0.25) is 0 Å². The van der Waals surface area contributed by atoms with Gasteiger partial charge in [0.2, 0.25) is 0 Å². The smallest absolute Gasteiger partial charge is 0.121 e. The minimum absolute atomic E-state index is 0.00539. The van der Waals surface area contributed by atoms with Crippen molar-refractivity contribution in [2.75, 3.05) is 7.11 Å². The fourth-order valence-electron chi connectivity index (χ4n) is 2.87. The summed E-state index contributed by atoms with van der Waals surface area (Å²) < 4.78 is 7.37. The standard InChI is InChI=1S/C19H21N3O/c1-13-9-5-6-10-15(13)18-19(22(3)21-20-18)17-12-8-7-11-16(17)14(2)23-4/h5-12,14H,1-4H3. The molecule has 0 aliphatic rings. The van der Waals surface area contributed by atoms with Gasteiger partial charge in [-0.25, -0.2) is 4.68 Å². The van der Waals surface area contributed by atoms with Gasteiger partial charge in [0.1, 0.15) is 5.69 Å². The average Bonchev–Trinajstić information content (AvgIpc) is 2.96. The fourth-order valence-corrected chi connectivity index (χ4v) is 2.87. The van der Waals surface area contributed by atoms with Crippen LogP contribution in [0.4, 0.5) is 0 Å². The van der Waals surface area contributed by atoms with Crippen molar-refractivity contribution in [2.45, 2.75) is 20.0 Å². The lowest BCUT2D eigenvalue weighted by Crippen LogP contribution is -2.02. The molecule has 0 fully saturated rings. The monoisotopic (exact) mass is 307 g/mol. The van der Waals surface area contributed by atoms with E-state index in [4.69, 9.17) is 4.74 Å². The highest BCUT2D eigenvalue weighted by Crippen LogP contribution is 2.35. The summed E-state index contributed by atoms with van der Waals surface area (Å²) in [6.07, 6.45) is 0.00539. The first-order chi connectivity index (χ1) is 11.1. The summed E-state index contributed by atoms with van der Waals surface area (Å²) in [5.74, 6) is 0. The number of methoxy groups -OCH3 is 1. The average molecular weight is 307 g/mol. The van der Waals surface area contributed by atoms with Gasteiger partial charge in [-0.2, -0.15) is 0 Å². The van der Waals surface area contributed by atoms with Crippen LogP contribution >= 0.6 is 0 Å². The Kier molecular flexibility index (Phi) is 4.26. The maximum absolute atomic E-state index is 5.53. The first-order valence-corrected chi connectivity index (χ1v) is 7.71. The van der Waals surface area contributed by atoms with E-state index in [1.54, 1.807) is 7.11 Å². The summed E-state index contributed by atoms with van der Waals surface area (Å²) in [4.78, 5) is 0.